The van der Waals surface area contributed by atoms with Crippen LogP contribution in [0.15, 0.2) is 42.5 Å². The Labute approximate surface area is 245 Å². The Kier molecular flexibility index (Phi) is 11.3. The van der Waals surface area contributed by atoms with Crippen molar-refractivity contribution < 1.29 is 42.5 Å². The maximum Gasteiger partial charge on any atom is 0.329 e. The van der Waals surface area contributed by atoms with Crippen LogP contribution in [-0.2, 0) is 15.5 Å². The summed E-state index contributed by atoms with van der Waals surface area (Å²) in [5.41, 5.74) is -0.871. The van der Waals surface area contributed by atoms with E-state index in [4.69, 9.17) is 14.2 Å². The molecule has 11 heteroatoms. The minimum absolute atomic E-state index is 0.0645. The Morgan fingerprint density at radius 1 is 1.07 bits per heavy atom. The Balaban J connectivity index is 1.97. The molecule has 0 unspecified atom stereocenters. The van der Waals surface area contributed by atoms with Gasteiger partial charge in [0, 0.05) is 44.6 Å². The quantitative estimate of drug-likeness (QED) is 0.261. The molecule has 1 atom stereocenters. The number of carbonyl (C=O) groups is 3. The number of halogens is 2. The van der Waals surface area contributed by atoms with Gasteiger partial charge in [-0.2, -0.15) is 0 Å². The van der Waals surface area contributed by atoms with E-state index in [1.54, 1.807) is 51.1 Å². The molecule has 0 aliphatic carbocycles. The summed E-state index contributed by atoms with van der Waals surface area (Å²) in [6.07, 6.45) is -0.453. The first kappa shape index (κ1) is 32.8. The third-order valence-corrected chi connectivity index (χ3v) is 7.44. The minimum Gasteiger partial charge on any atom is -0.493 e. The number of carboxylic acids is 1. The highest BCUT2D eigenvalue weighted by Crippen LogP contribution is 2.37. The molecule has 1 heterocycles. The molecule has 1 aliphatic heterocycles. The Morgan fingerprint density at radius 3 is 2.14 bits per heavy atom. The fourth-order valence-electron chi connectivity index (χ4n) is 5.07. The first-order valence-electron chi connectivity index (χ1n) is 14.2. The van der Waals surface area contributed by atoms with Crippen LogP contribution in [0.1, 0.15) is 80.9 Å². The van der Waals surface area contributed by atoms with Crippen molar-refractivity contribution in [3.63, 3.8) is 0 Å². The smallest absolute Gasteiger partial charge is 0.329 e. The highest BCUT2D eigenvalue weighted by atomic mass is 19.3. The number of ketones is 1. The van der Waals surface area contributed by atoms with E-state index in [9.17, 15) is 28.3 Å². The lowest BCUT2D eigenvalue weighted by Gasteiger charge is -2.38. The molecule has 2 aromatic rings. The van der Waals surface area contributed by atoms with Crippen LogP contribution in [0.5, 0.6) is 11.5 Å². The summed E-state index contributed by atoms with van der Waals surface area (Å²) in [5, 5.41) is 12.7. The summed E-state index contributed by atoms with van der Waals surface area (Å²) in [5.74, 6) is -4.02. The zero-order valence-electron chi connectivity index (χ0n) is 24.6. The van der Waals surface area contributed by atoms with Gasteiger partial charge in [0.2, 0.25) is 0 Å². The molecule has 2 N–H and O–H groups in total. The summed E-state index contributed by atoms with van der Waals surface area (Å²) in [6.45, 7) is 7.41. The van der Waals surface area contributed by atoms with Gasteiger partial charge in [-0.15, -0.1) is 0 Å². The van der Waals surface area contributed by atoms with E-state index in [0.29, 0.717) is 5.56 Å². The molecule has 0 aromatic heterocycles. The molecule has 0 radical (unpaired) electrons. The van der Waals surface area contributed by atoms with E-state index in [1.807, 2.05) is 0 Å². The van der Waals surface area contributed by atoms with Gasteiger partial charge in [0.05, 0.1) is 19.3 Å². The van der Waals surface area contributed by atoms with Gasteiger partial charge in [-0.1, -0.05) is 30.3 Å². The normalized spacial score (nSPS) is 15.4. The topological polar surface area (TPSA) is 114 Å². The van der Waals surface area contributed by atoms with E-state index in [0.717, 1.165) is 0 Å². The fraction of sp³-hybridized carbons (Fsp3) is 0.516. The van der Waals surface area contributed by atoms with Crippen molar-refractivity contribution in [3.8, 4) is 11.5 Å². The molecule has 3 rings (SSSR count). The van der Waals surface area contributed by atoms with Crippen molar-refractivity contribution in [3.05, 3.63) is 59.2 Å². The van der Waals surface area contributed by atoms with Crippen LogP contribution in [-0.4, -0.2) is 66.3 Å². The minimum atomic E-state index is -3.12. The zero-order valence-corrected chi connectivity index (χ0v) is 24.6. The summed E-state index contributed by atoms with van der Waals surface area (Å²) in [6, 6.07) is 9.29. The largest absolute Gasteiger partial charge is 0.493 e. The maximum atomic E-state index is 15.0. The van der Waals surface area contributed by atoms with Crippen LogP contribution in [0.25, 0.3) is 0 Å². The summed E-state index contributed by atoms with van der Waals surface area (Å²) < 4.78 is 46.8. The van der Waals surface area contributed by atoms with Crippen molar-refractivity contribution in [2.45, 2.75) is 70.9 Å². The van der Waals surface area contributed by atoms with Crippen molar-refractivity contribution in [2.24, 2.45) is 0 Å². The number of hydrogen-bond acceptors (Lipinski definition) is 6. The number of urea groups is 1. The van der Waals surface area contributed by atoms with Crippen LogP contribution in [0.3, 0.4) is 0 Å². The van der Waals surface area contributed by atoms with Gasteiger partial charge in [-0.25, -0.2) is 18.4 Å². The van der Waals surface area contributed by atoms with Crippen molar-refractivity contribution >= 4 is 17.8 Å². The molecule has 2 aromatic carbocycles. The van der Waals surface area contributed by atoms with E-state index >= 15 is 0 Å². The van der Waals surface area contributed by atoms with Gasteiger partial charge >= 0.3 is 12.0 Å². The number of rotatable bonds is 14. The van der Waals surface area contributed by atoms with Crippen LogP contribution in [0, 0.1) is 0 Å². The Bertz CT molecular complexity index is 1210. The first-order valence-corrected chi connectivity index (χ1v) is 14.2. The van der Waals surface area contributed by atoms with Crippen molar-refractivity contribution in [1.29, 1.82) is 0 Å². The number of carboxylic acid groups (broad SMARTS) is 1. The average molecular weight is 591 g/mol. The molecule has 1 fully saturated rings. The molecule has 0 bridgehead atoms. The van der Waals surface area contributed by atoms with Crippen molar-refractivity contribution in [2.75, 3.05) is 33.0 Å². The number of benzene rings is 2. The lowest BCUT2D eigenvalue weighted by molar-refractivity contribution is -0.148. The summed E-state index contributed by atoms with van der Waals surface area (Å²) in [4.78, 5) is 39.8. The van der Waals surface area contributed by atoms with E-state index in [-0.39, 0.29) is 80.6 Å². The van der Waals surface area contributed by atoms with Crippen LogP contribution >= 0.6 is 0 Å². The van der Waals surface area contributed by atoms with Crippen LogP contribution in [0.4, 0.5) is 13.6 Å². The van der Waals surface area contributed by atoms with Gasteiger partial charge in [-0.05, 0) is 51.8 Å². The SMILES string of the molecule is CCOc1cc([C@@H](C)N(CCCC(F)(F)c2ccccc2)C(=O)NC2(C(=O)O)CCOCC2)cc(OCC)c1C(C)=O. The van der Waals surface area contributed by atoms with E-state index in [2.05, 4.69) is 5.32 Å². The van der Waals surface area contributed by atoms with Gasteiger partial charge in [-0.3, -0.25) is 4.79 Å². The fourth-order valence-corrected chi connectivity index (χ4v) is 5.07. The number of ether oxygens (including phenoxy) is 3. The molecule has 1 aliphatic rings. The highest BCUT2D eigenvalue weighted by molar-refractivity contribution is 5.99. The lowest BCUT2D eigenvalue weighted by Crippen LogP contribution is -2.60. The van der Waals surface area contributed by atoms with Crippen LogP contribution in [0.2, 0.25) is 0 Å². The number of hydrogen-bond donors (Lipinski definition) is 2. The van der Waals surface area contributed by atoms with Gasteiger partial charge < -0.3 is 29.5 Å². The molecule has 0 saturated carbocycles. The molecule has 0 spiro atoms. The summed E-state index contributed by atoms with van der Waals surface area (Å²) >= 11 is 0. The number of aliphatic carboxylic acids is 1. The lowest BCUT2D eigenvalue weighted by atomic mass is 9.90. The first-order chi connectivity index (χ1) is 20.0. The number of nitrogens with zero attached hydrogens (tertiary/aromatic N) is 1. The third-order valence-electron chi connectivity index (χ3n) is 7.44. The molecule has 1 saturated heterocycles. The Morgan fingerprint density at radius 2 is 1.64 bits per heavy atom. The second-order valence-electron chi connectivity index (χ2n) is 10.3. The second kappa shape index (κ2) is 14.4. The van der Waals surface area contributed by atoms with Crippen molar-refractivity contribution in [1.82, 2.24) is 10.2 Å². The maximum absolute atomic E-state index is 15.0. The molecular weight excluding hydrogens is 550 g/mol. The van der Waals surface area contributed by atoms with Gasteiger partial charge in [0.15, 0.2) is 5.78 Å². The average Bonchev–Trinajstić information content (AvgIpc) is 2.95. The van der Waals surface area contributed by atoms with Gasteiger partial charge in [0.25, 0.3) is 5.92 Å². The monoisotopic (exact) mass is 590 g/mol. The number of alkyl halides is 2. The predicted octanol–water partition coefficient (Wildman–Crippen LogP) is 5.97. The number of nitrogens with one attached hydrogen (secondary N) is 1. The van der Waals surface area contributed by atoms with Crippen LogP contribution < -0.4 is 14.8 Å². The Hall–Kier alpha value is -3.73. The number of carbonyl (C=O) groups excluding carboxylic acids is 2. The predicted molar refractivity (Wildman–Crippen MR) is 152 cm³/mol. The summed E-state index contributed by atoms with van der Waals surface area (Å²) in [7, 11) is 0. The molecule has 230 valence electrons. The second-order valence-corrected chi connectivity index (χ2v) is 10.3. The molecule has 2 amide bonds. The van der Waals surface area contributed by atoms with E-state index < -0.39 is 35.9 Å². The number of Topliss-reactive ketones (excluding diaryl/α,β-unsaturated/α-hetero) is 1. The standard InChI is InChI=1S/C31H40F2N2O7/c1-5-41-25-19-23(20-26(42-6-2)27(25)22(4)36)21(3)35(16-10-13-31(32,33)24-11-8-7-9-12-24)29(39)34-30(28(37)38)14-17-40-18-15-30/h7-9,11-12,19-21H,5-6,10,13-18H2,1-4H3,(H,34,39)(H,37,38)/t21-/m1/s1. The highest BCUT2D eigenvalue weighted by Gasteiger charge is 2.43. The van der Waals surface area contributed by atoms with E-state index in [1.165, 1.54) is 24.0 Å². The number of amides is 2. The molecular formula is C31H40F2N2O7. The zero-order chi connectivity index (χ0) is 30.9. The molecule has 42 heavy (non-hydrogen) atoms. The molecule has 9 nitrogen and oxygen atoms in total. The van der Waals surface area contributed by atoms with Gasteiger partial charge in [0.1, 0.15) is 22.6 Å². The third kappa shape index (κ3) is 7.76.